The molecule has 0 fully saturated rings. The summed E-state index contributed by atoms with van der Waals surface area (Å²) in [6.07, 6.45) is 2.71. The zero-order valence-electron chi connectivity index (χ0n) is 18.0. The fraction of sp³-hybridized carbons (Fsp3) is 0.174. The second-order valence-corrected chi connectivity index (χ2v) is 9.56. The van der Waals surface area contributed by atoms with E-state index in [1.165, 1.54) is 30.1 Å². The molecule has 0 atom stereocenters. The third kappa shape index (κ3) is 4.39. The van der Waals surface area contributed by atoms with Crippen LogP contribution in [0.25, 0.3) is 34.0 Å². The van der Waals surface area contributed by atoms with E-state index in [4.69, 9.17) is 10.3 Å². The predicted molar refractivity (Wildman–Crippen MR) is 123 cm³/mol. The summed E-state index contributed by atoms with van der Waals surface area (Å²) in [6.45, 7) is 2.81. The van der Waals surface area contributed by atoms with E-state index in [0.29, 0.717) is 28.4 Å². The smallest absolute Gasteiger partial charge is 0.189 e. The van der Waals surface area contributed by atoms with Crippen LogP contribution in [0, 0.1) is 6.92 Å². The monoisotopic (exact) mass is 449 g/mol. The average Bonchev–Trinajstić information content (AvgIpc) is 3.23. The Labute approximate surface area is 186 Å². The Morgan fingerprint density at radius 3 is 2.47 bits per heavy atom. The maximum Gasteiger partial charge on any atom is 0.189 e. The van der Waals surface area contributed by atoms with Crippen LogP contribution in [0.1, 0.15) is 11.1 Å². The molecule has 2 heterocycles. The first-order chi connectivity index (χ1) is 15.3. The molecule has 164 valence electrons. The number of hydrogen-bond acceptors (Lipinski definition) is 8. The number of anilines is 1. The van der Waals surface area contributed by atoms with Gasteiger partial charge in [-0.3, -0.25) is 0 Å². The summed E-state index contributed by atoms with van der Waals surface area (Å²) in [7, 11) is -1.37. The number of nitrogens with zero attached hydrogens (tertiary/aromatic N) is 3. The normalized spacial score (nSPS) is 11.6. The van der Waals surface area contributed by atoms with Gasteiger partial charge in [0.2, 0.25) is 0 Å². The molecule has 0 aliphatic carbocycles. The molecule has 0 amide bonds. The van der Waals surface area contributed by atoms with Crippen LogP contribution in [-0.4, -0.2) is 36.8 Å². The Kier molecular flexibility index (Phi) is 5.77. The molecule has 8 nitrogen and oxygen atoms in total. The number of hydrogen-bond donors (Lipinski definition) is 2. The molecule has 0 spiro atoms. The first-order valence-corrected chi connectivity index (χ1v) is 11.8. The van der Waals surface area contributed by atoms with Crippen LogP contribution in [0.4, 0.5) is 5.82 Å². The SMILES string of the molecule is CNCc1ccc(-c2cc(-c3nc(-c4ccc(S(C)(=O)=O)cc4)cnc3N)on2)c(C)c1. The summed E-state index contributed by atoms with van der Waals surface area (Å²) < 4.78 is 28.9. The van der Waals surface area contributed by atoms with Crippen molar-refractivity contribution < 1.29 is 12.9 Å². The van der Waals surface area contributed by atoms with Crippen LogP contribution in [0.2, 0.25) is 0 Å². The van der Waals surface area contributed by atoms with Gasteiger partial charge in [-0.2, -0.15) is 0 Å². The van der Waals surface area contributed by atoms with Gasteiger partial charge in [0.1, 0.15) is 5.69 Å². The number of sulfone groups is 1. The molecule has 0 aliphatic heterocycles. The molecule has 4 aromatic rings. The lowest BCUT2D eigenvalue weighted by molar-refractivity contribution is 0.433. The molecule has 2 aromatic heterocycles. The highest BCUT2D eigenvalue weighted by molar-refractivity contribution is 7.90. The highest BCUT2D eigenvalue weighted by Gasteiger charge is 2.17. The molecule has 0 saturated carbocycles. The molecule has 9 heteroatoms. The van der Waals surface area contributed by atoms with Gasteiger partial charge >= 0.3 is 0 Å². The Hall–Kier alpha value is -3.56. The van der Waals surface area contributed by atoms with Gasteiger partial charge in [-0.25, -0.2) is 18.4 Å². The van der Waals surface area contributed by atoms with Crippen molar-refractivity contribution in [3.8, 4) is 34.0 Å². The lowest BCUT2D eigenvalue weighted by Gasteiger charge is -2.06. The molecule has 2 aromatic carbocycles. The Morgan fingerprint density at radius 2 is 1.81 bits per heavy atom. The van der Waals surface area contributed by atoms with Crippen LogP contribution in [0.3, 0.4) is 0 Å². The van der Waals surface area contributed by atoms with Gasteiger partial charge in [0.05, 0.1) is 16.8 Å². The fourth-order valence-electron chi connectivity index (χ4n) is 3.43. The fourth-order valence-corrected chi connectivity index (χ4v) is 4.06. The lowest BCUT2D eigenvalue weighted by Crippen LogP contribution is -2.05. The van der Waals surface area contributed by atoms with E-state index in [2.05, 4.69) is 26.5 Å². The number of benzene rings is 2. The molecule has 0 bridgehead atoms. The van der Waals surface area contributed by atoms with Crippen LogP contribution in [0.5, 0.6) is 0 Å². The molecule has 0 aliphatic rings. The van der Waals surface area contributed by atoms with Gasteiger partial charge in [-0.05, 0) is 37.2 Å². The molecule has 32 heavy (non-hydrogen) atoms. The standard InChI is InChI=1S/C23H23N5O3S/c1-14-10-15(12-25-2)4-9-18(14)19-11-21(31-28-19)22-23(24)26-13-20(27-22)16-5-7-17(8-6-16)32(3,29)30/h4-11,13,25H,12H2,1-3H3,(H2,24,26). The van der Waals surface area contributed by atoms with Crippen molar-refractivity contribution in [1.29, 1.82) is 0 Å². The molecular weight excluding hydrogens is 426 g/mol. The molecule has 3 N–H and O–H groups in total. The van der Waals surface area contributed by atoms with E-state index in [0.717, 1.165) is 17.7 Å². The van der Waals surface area contributed by atoms with Crippen LogP contribution < -0.4 is 11.1 Å². The second kappa shape index (κ2) is 8.52. The van der Waals surface area contributed by atoms with E-state index in [9.17, 15) is 8.42 Å². The predicted octanol–water partition coefficient (Wildman–Crippen LogP) is 3.48. The molecule has 0 unspecified atom stereocenters. The summed E-state index contributed by atoms with van der Waals surface area (Å²) in [4.78, 5) is 9.07. The quantitative estimate of drug-likeness (QED) is 0.458. The van der Waals surface area contributed by atoms with Crippen LogP contribution in [0.15, 0.2) is 64.1 Å². The summed E-state index contributed by atoms with van der Waals surface area (Å²) in [5.41, 5.74) is 11.6. The van der Waals surface area contributed by atoms with E-state index in [-0.39, 0.29) is 10.7 Å². The first-order valence-electron chi connectivity index (χ1n) is 9.91. The van der Waals surface area contributed by atoms with Crippen molar-refractivity contribution in [3.63, 3.8) is 0 Å². The lowest BCUT2D eigenvalue weighted by atomic mass is 10.0. The van der Waals surface area contributed by atoms with Crippen molar-refractivity contribution in [2.24, 2.45) is 0 Å². The average molecular weight is 450 g/mol. The third-order valence-electron chi connectivity index (χ3n) is 5.07. The zero-order valence-corrected chi connectivity index (χ0v) is 18.8. The molecule has 4 rings (SSSR count). The van der Waals surface area contributed by atoms with Crippen molar-refractivity contribution in [2.45, 2.75) is 18.4 Å². The van der Waals surface area contributed by atoms with Gasteiger partial charge in [-0.1, -0.05) is 35.5 Å². The largest absolute Gasteiger partial charge is 0.382 e. The van der Waals surface area contributed by atoms with Gasteiger partial charge in [-0.15, -0.1) is 0 Å². The molecule has 0 saturated heterocycles. The minimum Gasteiger partial charge on any atom is -0.382 e. The Balaban J connectivity index is 1.68. The minimum absolute atomic E-state index is 0.213. The molecular formula is C23H23N5O3S. The van der Waals surface area contributed by atoms with E-state index >= 15 is 0 Å². The maximum atomic E-state index is 11.7. The summed E-state index contributed by atoms with van der Waals surface area (Å²) in [5.74, 6) is 0.614. The first kappa shape index (κ1) is 21.7. The molecule has 0 radical (unpaired) electrons. The minimum atomic E-state index is -3.28. The van der Waals surface area contributed by atoms with Gasteiger partial charge < -0.3 is 15.6 Å². The van der Waals surface area contributed by atoms with Crippen molar-refractivity contribution in [1.82, 2.24) is 20.4 Å². The summed E-state index contributed by atoms with van der Waals surface area (Å²) in [5, 5.41) is 7.34. The van der Waals surface area contributed by atoms with Crippen LogP contribution in [-0.2, 0) is 16.4 Å². The van der Waals surface area contributed by atoms with E-state index in [1.54, 1.807) is 18.2 Å². The summed E-state index contributed by atoms with van der Waals surface area (Å²) >= 11 is 0. The Bertz CT molecular complexity index is 1380. The van der Waals surface area contributed by atoms with Gasteiger partial charge in [0.25, 0.3) is 0 Å². The topological polar surface area (TPSA) is 124 Å². The van der Waals surface area contributed by atoms with E-state index < -0.39 is 9.84 Å². The highest BCUT2D eigenvalue weighted by atomic mass is 32.2. The number of aryl methyl sites for hydroxylation is 1. The van der Waals surface area contributed by atoms with Gasteiger partial charge in [0, 0.05) is 30.0 Å². The number of nitrogens with two attached hydrogens (primary N) is 1. The third-order valence-corrected chi connectivity index (χ3v) is 6.20. The van der Waals surface area contributed by atoms with Crippen LogP contribution >= 0.6 is 0 Å². The van der Waals surface area contributed by atoms with Crippen molar-refractivity contribution in [3.05, 3.63) is 65.9 Å². The maximum absolute atomic E-state index is 11.7. The Morgan fingerprint density at radius 1 is 1.06 bits per heavy atom. The summed E-state index contributed by atoms with van der Waals surface area (Å²) in [6, 6.07) is 14.4. The van der Waals surface area contributed by atoms with E-state index in [1.807, 2.05) is 26.1 Å². The van der Waals surface area contributed by atoms with Crippen molar-refractivity contribution >= 4 is 15.7 Å². The number of aromatic nitrogens is 3. The second-order valence-electron chi connectivity index (χ2n) is 7.54. The highest BCUT2D eigenvalue weighted by Crippen LogP contribution is 2.31. The van der Waals surface area contributed by atoms with Crippen molar-refractivity contribution in [2.75, 3.05) is 19.0 Å². The number of nitrogens with one attached hydrogen (secondary N) is 1. The number of rotatable bonds is 6. The van der Waals surface area contributed by atoms with Gasteiger partial charge in [0.15, 0.2) is 27.1 Å². The zero-order chi connectivity index (χ0) is 22.9. The number of nitrogen functional groups attached to an aromatic ring is 1.